The summed E-state index contributed by atoms with van der Waals surface area (Å²) >= 11 is 5.21. The predicted molar refractivity (Wildman–Crippen MR) is 65.8 cm³/mol. The van der Waals surface area contributed by atoms with Gasteiger partial charge < -0.3 is 4.74 Å². The molecule has 0 aromatic carbocycles. The molecule has 0 aliphatic heterocycles. The average molecular weight is 277 g/mol. The molecule has 14 heavy (non-hydrogen) atoms. The number of ether oxygens (including phenoxy) is 1. The summed E-state index contributed by atoms with van der Waals surface area (Å²) in [7, 11) is 0. The van der Waals surface area contributed by atoms with E-state index < -0.39 is 0 Å². The summed E-state index contributed by atoms with van der Waals surface area (Å²) in [5, 5.41) is 2.08. The van der Waals surface area contributed by atoms with Crippen LogP contribution >= 0.6 is 27.3 Å². The summed E-state index contributed by atoms with van der Waals surface area (Å²) in [5.74, 6) is 0. The van der Waals surface area contributed by atoms with Crippen molar-refractivity contribution >= 4 is 27.3 Å². The van der Waals surface area contributed by atoms with Gasteiger partial charge in [0.1, 0.15) is 0 Å². The number of hydrogen-bond acceptors (Lipinski definition) is 2. The van der Waals surface area contributed by atoms with E-state index in [2.05, 4.69) is 34.3 Å². The van der Waals surface area contributed by atoms with E-state index in [1.165, 1.54) is 35.0 Å². The molecule has 0 N–H and O–H groups in total. The van der Waals surface area contributed by atoms with Crippen LogP contribution in [0.15, 0.2) is 15.2 Å². The molecule has 0 aliphatic rings. The van der Waals surface area contributed by atoms with Crippen molar-refractivity contribution in [2.75, 3.05) is 6.61 Å². The first-order chi connectivity index (χ1) is 6.84. The lowest BCUT2D eigenvalue weighted by molar-refractivity contribution is 0.116. The van der Waals surface area contributed by atoms with Crippen LogP contribution in [0.5, 0.6) is 0 Å². The van der Waals surface area contributed by atoms with Gasteiger partial charge in [0, 0.05) is 12.2 Å². The number of rotatable bonds is 7. The SMILES string of the molecule is CCCCCCOCc1ccsc1Br. The summed E-state index contributed by atoms with van der Waals surface area (Å²) in [6.07, 6.45) is 5.10. The van der Waals surface area contributed by atoms with E-state index >= 15 is 0 Å². The standard InChI is InChI=1S/C11H17BrOS/c1-2-3-4-5-7-13-9-10-6-8-14-11(10)12/h6,8H,2-5,7,9H2,1H3. The molecule has 0 spiro atoms. The van der Waals surface area contributed by atoms with Gasteiger partial charge in [0.05, 0.1) is 10.4 Å². The molecule has 0 saturated carbocycles. The third kappa shape index (κ3) is 4.58. The molecule has 0 atom stereocenters. The molecule has 0 bridgehead atoms. The van der Waals surface area contributed by atoms with Gasteiger partial charge in [-0.05, 0) is 33.8 Å². The maximum absolute atomic E-state index is 5.58. The van der Waals surface area contributed by atoms with Crippen molar-refractivity contribution in [1.29, 1.82) is 0 Å². The van der Waals surface area contributed by atoms with E-state index in [1.807, 2.05) is 0 Å². The summed E-state index contributed by atoms with van der Waals surface area (Å²) in [5.41, 5.74) is 1.27. The van der Waals surface area contributed by atoms with Crippen LogP contribution in [0.4, 0.5) is 0 Å². The van der Waals surface area contributed by atoms with E-state index in [4.69, 9.17) is 4.74 Å². The van der Waals surface area contributed by atoms with Gasteiger partial charge >= 0.3 is 0 Å². The first kappa shape index (κ1) is 12.2. The Kier molecular flexibility index (Phi) is 6.48. The molecule has 0 radical (unpaired) electrons. The first-order valence-corrected chi connectivity index (χ1v) is 6.81. The molecule has 1 heterocycles. The molecule has 1 aromatic heterocycles. The van der Waals surface area contributed by atoms with Gasteiger partial charge in [0.2, 0.25) is 0 Å². The van der Waals surface area contributed by atoms with Crippen LogP contribution in [-0.4, -0.2) is 6.61 Å². The molecule has 1 rings (SSSR count). The maximum Gasteiger partial charge on any atom is 0.0753 e. The second-order valence-electron chi connectivity index (χ2n) is 3.33. The van der Waals surface area contributed by atoms with Crippen molar-refractivity contribution in [3.63, 3.8) is 0 Å². The van der Waals surface area contributed by atoms with E-state index in [-0.39, 0.29) is 0 Å². The summed E-state index contributed by atoms with van der Waals surface area (Å²) in [6.45, 7) is 3.86. The minimum absolute atomic E-state index is 0.746. The Hall–Kier alpha value is 0.140. The third-order valence-corrected chi connectivity index (χ3v) is 3.90. The Labute approximate surface area is 98.6 Å². The molecule has 1 aromatic rings. The Balaban J connectivity index is 2.02. The molecular formula is C11H17BrOS. The number of unbranched alkanes of at least 4 members (excludes halogenated alkanes) is 3. The Morgan fingerprint density at radius 1 is 1.36 bits per heavy atom. The van der Waals surface area contributed by atoms with Crippen LogP contribution in [0, 0.1) is 0 Å². The molecule has 0 saturated heterocycles. The fourth-order valence-electron chi connectivity index (χ4n) is 1.23. The average Bonchev–Trinajstić information content (AvgIpc) is 2.58. The van der Waals surface area contributed by atoms with Gasteiger partial charge in [-0.25, -0.2) is 0 Å². The van der Waals surface area contributed by atoms with Gasteiger partial charge in [0.15, 0.2) is 0 Å². The minimum atomic E-state index is 0.746. The second-order valence-corrected chi connectivity index (χ2v) is 5.57. The highest BCUT2D eigenvalue weighted by atomic mass is 79.9. The lowest BCUT2D eigenvalue weighted by Crippen LogP contribution is -1.94. The fourth-order valence-corrected chi connectivity index (χ4v) is 2.44. The van der Waals surface area contributed by atoms with Crippen molar-refractivity contribution in [3.05, 3.63) is 20.8 Å². The van der Waals surface area contributed by atoms with E-state index in [9.17, 15) is 0 Å². The van der Waals surface area contributed by atoms with Crippen LogP contribution in [0.1, 0.15) is 38.2 Å². The number of hydrogen-bond donors (Lipinski definition) is 0. The molecule has 0 aliphatic carbocycles. The maximum atomic E-state index is 5.58. The first-order valence-electron chi connectivity index (χ1n) is 5.14. The van der Waals surface area contributed by atoms with Crippen molar-refractivity contribution in [1.82, 2.24) is 0 Å². The lowest BCUT2D eigenvalue weighted by atomic mass is 10.2. The van der Waals surface area contributed by atoms with Gasteiger partial charge in [0.25, 0.3) is 0 Å². The van der Waals surface area contributed by atoms with Crippen molar-refractivity contribution in [2.24, 2.45) is 0 Å². The van der Waals surface area contributed by atoms with E-state index in [0.29, 0.717) is 0 Å². The van der Waals surface area contributed by atoms with E-state index in [0.717, 1.165) is 13.2 Å². The van der Waals surface area contributed by atoms with Gasteiger partial charge in [-0.15, -0.1) is 11.3 Å². The van der Waals surface area contributed by atoms with Crippen molar-refractivity contribution in [3.8, 4) is 0 Å². The molecule has 0 fully saturated rings. The zero-order chi connectivity index (χ0) is 10.2. The molecule has 0 unspecified atom stereocenters. The topological polar surface area (TPSA) is 9.23 Å². The van der Waals surface area contributed by atoms with Crippen LogP contribution < -0.4 is 0 Å². The highest BCUT2D eigenvalue weighted by Crippen LogP contribution is 2.23. The van der Waals surface area contributed by atoms with Gasteiger partial charge in [-0.1, -0.05) is 26.2 Å². The highest BCUT2D eigenvalue weighted by molar-refractivity contribution is 9.11. The second kappa shape index (κ2) is 7.43. The number of thiophene rings is 1. The van der Waals surface area contributed by atoms with Crippen LogP contribution in [-0.2, 0) is 11.3 Å². The monoisotopic (exact) mass is 276 g/mol. The molecule has 1 nitrogen and oxygen atoms in total. The third-order valence-electron chi connectivity index (χ3n) is 2.09. The van der Waals surface area contributed by atoms with Crippen molar-refractivity contribution < 1.29 is 4.74 Å². The van der Waals surface area contributed by atoms with Crippen molar-refractivity contribution in [2.45, 2.75) is 39.2 Å². The Morgan fingerprint density at radius 3 is 2.86 bits per heavy atom. The zero-order valence-corrected chi connectivity index (χ0v) is 11.0. The van der Waals surface area contributed by atoms with E-state index in [1.54, 1.807) is 11.3 Å². The summed E-state index contributed by atoms with van der Waals surface area (Å²) < 4.78 is 6.78. The molecule has 3 heteroatoms. The van der Waals surface area contributed by atoms with Crippen LogP contribution in [0.3, 0.4) is 0 Å². The van der Waals surface area contributed by atoms with Gasteiger partial charge in [-0.2, -0.15) is 0 Å². The Morgan fingerprint density at radius 2 is 2.21 bits per heavy atom. The predicted octanol–water partition coefficient (Wildman–Crippen LogP) is 4.61. The largest absolute Gasteiger partial charge is 0.377 e. The zero-order valence-electron chi connectivity index (χ0n) is 8.59. The van der Waals surface area contributed by atoms with Crippen LogP contribution in [0.2, 0.25) is 0 Å². The molecular weight excluding hydrogens is 260 g/mol. The van der Waals surface area contributed by atoms with Gasteiger partial charge in [-0.3, -0.25) is 0 Å². The molecule has 0 amide bonds. The number of halogens is 1. The quantitative estimate of drug-likeness (QED) is 0.661. The fraction of sp³-hybridized carbons (Fsp3) is 0.636. The minimum Gasteiger partial charge on any atom is -0.377 e. The summed E-state index contributed by atoms with van der Waals surface area (Å²) in [4.78, 5) is 0. The lowest BCUT2D eigenvalue weighted by Gasteiger charge is -2.02. The smallest absolute Gasteiger partial charge is 0.0753 e. The van der Waals surface area contributed by atoms with Crippen LogP contribution in [0.25, 0.3) is 0 Å². The summed E-state index contributed by atoms with van der Waals surface area (Å²) in [6, 6.07) is 2.11. The highest BCUT2D eigenvalue weighted by Gasteiger charge is 1.99. The normalized spacial score (nSPS) is 10.7. The molecule has 80 valence electrons. The Bertz CT molecular complexity index is 247.